The van der Waals surface area contributed by atoms with Crippen LogP contribution in [0.15, 0.2) is 5.18 Å². The highest BCUT2D eigenvalue weighted by Gasteiger charge is 2.02. The van der Waals surface area contributed by atoms with Crippen LogP contribution in [0.1, 0.15) is 13.3 Å². The zero-order chi connectivity index (χ0) is 6.57. The van der Waals surface area contributed by atoms with Crippen molar-refractivity contribution in [1.29, 1.82) is 0 Å². The largest absolute Gasteiger partial charge is 0.299 e. The van der Waals surface area contributed by atoms with E-state index in [0.29, 0.717) is 0 Å². The fraction of sp³-hybridized carbons (Fsp3) is 0.500. The molecule has 0 aliphatic heterocycles. The number of rotatable bonds is 2. The van der Waals surface area contributed by atoms with Crippen molar-refractivity contribution in [2.24, 2.45) is 5.18 Å². The van der Waals surface area contributed by atoms with Crippen LogP contribution in [0.25, 0.3) is 0 Å². The van der Waals surface area contributed by atoms with E-state index in [0.717, 1.165) is 0 Å². The van der Waals surface area contributed by atoms with E-state index in [4.69, 9.17) is 0 Å². The molecule has 0 fully saturated rings. The number of carbonyl (C=O) groups excluding carboxylic acids is 2. The fourth-order valence-electron chi connectivity index (χ4n) is 0.245. The average Bonchev–Trinajstić information content (AvgIpc) is 1.65. The lowest BCUT2D eigenvalue weighted by Gasteiger charge is -1.79. The number of carbonyl (C=O) groups is 2. The van der Waals surface area contributed by atoms with E-state index in [9.17, 15) is 14.5 Å². The summed E-state index contributed by atoms with van der Waals surface area (Å²) in [6.07, 6.45) is -0.372. The van der Waals surface area contributed by atoms with Crippen LogP contribution in [-0.2, 0) is 9.59 Å². The molecule has 4 heteroatoms. The molecule has 0 unspecified atom stereocenters. The number of ketones is 1. The van der Waals surface area contributed by atoms with Gasteiger partial charge in [-0.15, -0.1) is 4.91 Å². The van der Waals surface area contributed by atoms with Crippen molar-refractivity contribution in [3.8, 4) is 0 Å². The van der Waals surface area contributed by atoms with E-state index in [1.54, 1.807) is 0 Å². The van der Waals surface area contributed by atoms with Gasteiger partial charge in [0.1, 0.15) is 5.78 Å². The van der Waals surface area contributed by atoms with Crippen molar-refractivity contribution < 1.29 is 9.59 Å². The molecule has 1 amide bonds. The van der Waals surface area contributed by atoms with Gasteiger partial charge in [0.05, 0.1) is 6.42 Å². The molecule has 0 spiro atoms. The van der Waals surface area contributed by atoms with Gasteiger partial charge in [0.25, 0.3) is 5.91 Å². The summed E-state index contributed by atoms with van der Waals surface area (Å²) in [5.74, 6) is -1.24. The first-order valence-electron chi connectivity index (χ1n) is 2.02. The van der Waals surface area contributed by atoms with Gasteiger partial charge in [-0.05, 0) is 6.92 Å². The predicted octanol–water partition coefficient (Wildman–Crippen LogP) is 0.258. The van der Waals surface area contributed by atoms with Crippen LogP contribution in [0.3, 0.4) is 0 Å². The Labute approximate surface area is 45.9 Å². The summed E-state index contributed by atoms with van der Waals surface area (Å²) in [5, 5.41) is 2.02. The van der Waals surface area contributed by atoms with Gasteiger partial charge in [-0.2, -0.15) is 0 Å². The second-order valence-electron chi connectivity index (χ2n) is 1.36. The lowest BCUT2D eigenvalue weighted by Crippen LogP contribution is -1.98. The molecular formula is C4H5NO3. The highest BCUT2D eigenvalue weighted by atomic mass is 16.3. The minimum atomic E-state index is -0.905. The van der Waals surface area contributed by atoms with E-state index in [1.165, 1.54) is 6.92 Å². The molecule has 8 heavy (non-hydrogen) atoms. The Balaban J connectivity index is 3.55. The molecule has 0 aromatic rings. The molecule has 0 radical (unpaired) electrons. The standard InChI is InChI=1S/C4H5NO3/c1-3(6)2-4(7)5-8/h2H2,1H3. The molecule has 0 aliphatic rings. The smallest absolute Gasteiger partial charge is 0.293 e. The maximum absolute atomic E-state index is 9.99. The molecule has 44 valence electrons. The van der Waals surface area contributed by atoms with Gasteiger partial charge in [-0.3, -0.25) is 9.59 Å². The van der Waals surface area contributed by atoms with Gasteiger partial charge in [0, 0.05) is 5.18 Å². The Hall–Kier alpha value is -1.06. The highest BCUT2D eigenvalue weighted by Crippen LogP contribution is 1.83. The fourth-order valence-corrected chi connectivity index (χ4v) is 0.245. The number of nitroso groups, excluding NO2 is 1. The van der Waals surface area contributed by atoms with Gasteiger partial charge in [0.15, 0.2) is 0 Å². The summed E-state index contributed by atoms with van der Waals surface area (Å²) in [5.41, 5.74) is 0. The Bertz CT molecular complexity index is 129. The first-order valence-corrected chi connectivity index (χ1v) is 2.02. The van der Waals surface area contributed by atoms with E-state index in [1.807, 2.05) is 5.18 Å². The third-order valence-corrected chi connectivity index (χ3v) is 0.502. The van der Waals surface area contributed by atoms with E-state index < -0.39 is 5.91 Å². The topological polar surface area (TPSA) is 63.6 Å². The Kier molecular flexibility index (Phi) is 2.61. The molecule has 4 nitrogen and oxygen atoms in total. The molecule has 0 bridgehead atoms. The first kappa shape index (κ1) is 6.94. The predicted molar refractivity (Wildman–Crippen MR) is 26.1 cm³/mol. The molecule has 0 aliphatic carbocycles. The molecular weight excluding hydrogens is 110 g/mol. The van der Waals surface area contributed by atoms with E-state index >= 15 is 0 Å². The number of hydrogen-bond donors (Lipinski definition) is 0. The maximum Gasteiger partial charge on any atom is 0.293 e. The number of amides is 1. The van der Waals surface area contributed by atoms with Crippen LogP contribution in [0.4, 0.5) is 0 Å². The van der Waals surface area contributed by atoms with Gasteiger partial charge >= 0.3 is 0 Å². The Morgan fingerprint density at radius 3 is 2.12 bits per heavy atom. The summed E-state index contributed by atoms with van der Waals surface area (Å²) < 4.78 is 0. The number of hydrogen-bond acceptors (Lipinski definition) is 3. The monoisotopic (exact) mass is 115 g/mol. The van der Waals surface area contributed by atoms with Gasteiger partial charge < -0.3 is 0 Å². The van der Waals surface area contributed by atoms with Crippen molar-refractivity contribution in [2.75, 3.05) is 0 Å². The van der Waals surface area contributed by atoms with Crippen molar-refractivity contribution in [3.05, 3.63) is 4.91 Å². The van der Waals surface area contributed by atoms with Crippen molar-refractivity contribution in [2.45, 2.75) is 13.3 Å². The van der Waals surface area contributed by atoms with Crippen molar-refractivity contribution >= 4 is 11.7 Å². The number of Topliss-reactive ketones (excluding diaryl/α,β-unsaturated/α-hetero) is 1. The van der Waals surface area contributed by atoms with Crippen molar-refractivity contribution in [1.82, 2.24) is 0 Å². The Morgan fingerprint density at radius 1 is 1.50 bits per heavy atom. The summed E-state index contributed by atoms with van der Waals surface area (Å²) in [7, 11) is 0. The van der Waals surface area contributed by atoms with Crippen LogP contribution in [-0.4, -0.2) is 11.7 Å². The van der Waals surface area contributed by atoms with E-state index in [2.05, 4.69) is 0 Å². The summed E-state index contributed by atoms with van der Waals surface area (Å²) >= 11 is 0. The summed E-state index contributed by atoms with van der Waals surface area (Å²) in [4.78, 5) is 29.2. The highest BCUT2D eigenvalue weighted by molar-refractivity contribution is 5.97. The second kappa shape index (κ2) is 3.01. The Morgan fingerprint density at radius 2 is 2.00 bits per heavy atom. The molecule has 0 saturated heterocycles. The normalized spacial score (nSPS) is 8.12. The minimum Gasteiger partial charge on any atom is -0.299 e. The lowest BCUT2D eigenvalue weighted by molar-refractivity contribution is -0.125. The third-order valence-electron chi connectivity index (χ3n) is 0.502. The first-order chi connectivity index (χ1) is 3.66. The van der Waals surface area contributed by atoms with Crippen LogP contribution < -0.4 is 0 Å². The average molecular weight is 115 g/mol. The van der Waals surface area contributed by atoms with Crippen LogP contribution >= 0.6 is 0 Å². The van der Waals surface area contributed by atoms with Crippen LogP contribution in [0, 0.1) is 4.91 Å². The zero-order valence-corrected chi connectivity index (χ0v) is 4.38. The second-order valence-corrected chi connectivity index (χ2v) is 1.36. The summed E-state index contributed by atoms with van der Waals surface area (Å²) in [6.45, 7) is 1.23. The van der Waals surface area contributed by atoms with Gasteiger partial charge in [-0.1, -0.05) is 0 Å². The molecule has 0 aromatic carbocycles. The molecule has 0 rings (SSSR count). The third kappa shape index (κ3) is 3.14. The maximum atomic E-state index is 9.99. The zero-order valence-electron chi connectivity index (χ0n) is 4.38. The minimum absolute atomic E-state index is 0.338. The quantitative estimate of drug-likeness (QED) is 0.383. The SMILES string of the molecule is CC(=O)CC(=O)N=O. The van der Waals surface area contributed by atoms with E-state index in [-0.39, 0.29) is 12.2 Å². The lowest BCUT2D eigenvalue weighted by atomic mass is 10.3. The molecule has 0 heterocycles. The van der Waals surface area contributed by atoms with Gasteiger partial charge in [-0.25, -0.2) is 0 Å². The van der Waals surface area contributed by atoms with Crippen molar-refractivity contribution in [3.63, 3.8) is 0 Å². The molecule has 0 saturated carbocycles. The molecule has 0 atom stereocenters. The van der Waals surface area contributed by atoms with Gasteiger partial charge in [0.2, 0.25) is 0 Å². The molecule has 0 aromatic heterocycles. The molecule has 0 N–H and O–H groups in total. The van der Waals surface area contributed by atoms with Crippen LogP contribution in [0.5, 0.6) is 0 Å². The van der Waals surface area contributed by atoms with Crippen LogP contribution in [0.2, 0.25) is 0 Å². The number of nitrogens with zero attached hydrogens (tertiary/aromatic N) is 1. The summed E-state index contributed by atoms with van der Waals surface area (Å²) in [6, 6.07) is 0.